The van der Waals surface area contributed by atoms with E-state index in [1.165, 1.54) is 0 Å². The third kappa shape index (κ3) is 5.49. The summed E-state index contributed by atoms with van der Waals surface area (Å²) in [5.41, 5.74) is 3.60. The molecule has 3 N–H and O–H groups in total. The van der Waals surface area contributed by atoms with Gasteiger partial charge in [0.25, 0.3) is 5.91 Å². The van der Waals surface area contributed by atoms with E-state index in [2.05, 4.69) is 20.5 Å². The van der Waals surface area contributed by atoms with E-state index >= 15 is 0 Å². The van der Waals surface area contributed by atoms with Crippen LogP contribution in [0.2, 0.25) is 0 Å². The first-order valence-electron chi connectivity index (χ1n) is 12.7. The Morgan fingerprint density at radius 2 is 1.62 bits per heavy atom. The second-order valence-corrected chi connectivity index (χ2v) is 9.52. The number of imidazole rings is 1. The highest BCUT2D eigenvalue weighted by atomic mass is 16.2. The standard InChI is InChI=1S/C29H31N5O3/c1-20(21-9-3-2-4-10-21)30-28(36)23-11-5-6-12-24(23)31-27(35)19-33-17-15-22(16-18-33)34-26-14-8-7-13-25(26)32-29(34)37/h2-14,20,22H,15-19H2,1H3,(H,30,36)(H,31,35)(H,32,37)/t20-/m0/s1. The van der Waals surface area contributed by atoms with Gasteiger partial charge in [-0.2, -0.15) is 0 Å². The maximum absolute atomic E-state index is 13.0. The minimum absolute atomic E-state index is 0.0890. The van der Waals surface area contributed by atoms with Gasteiger partial charge in [0.05, 0.1) is 34.9 Å². The van der Waals surface area contributed by atoms with E-state index in [-0.39, 0.29) is 36.1 Å². The lowest BCUT2D eigenvalue weighted by Crippen LogP contribution is -2.41. The van der Waals surface area contributed by atoms with Crippen molar-refractivity contribution in [1.29, 1.82) is 0 Å². The Morgan fingerprint density at radius 1 is 0.946 bits per heavy atom. The van der Waals surface area contributed by atoms with Crippen molar-refractivity contribution in [3.05, 3.63) is 100 Å². The number of para-hydroxylation sites is 3. The highest BCUT2D eigenvalue weighted by Gasteiger charge is 2.25. The van der Waals surface area contributed by atoms with Crippen LogP contribution < -0.4 is 16.3 Å². The molecule has 5 rings (SSSR count). The van der Waals surface area contributed by atoms with Crippen molar-refractivity contribution in [2.75, 3.05) is 25.0 Å². The van der Waals surface area contributed by atoms with Gasteiger partial charge in [0.1, 0.15) is 0 Å². The molecule has 2 amide bonds. The van der Waals surface area contributed by atoms with Gasteiger partial charge >= 0.3 is 5.69 Å². The minimum atomic E-state index is -0.239. The van der Waals surface area contributed by atoms with Crippen LogP contribution >= 0.6 is 0 Å². The summed E-state index contributed by atoms with van der Waals surface area (Å²) in [5, 5.41) is 5.93. The number of amides is 2. The maximum atomic E-state index is 13.0. The Hall–Kier alpha value is -4.17. The van der Waals surface area contributed by atoms with Crippen LogP contribution in [0.4, 0.5) is 5.69 Å². The summed E-state index contributed by atoms with van der Waals surface area (Å²) in [5.74, 6) is -0.406. The number of piperidine rings is 1. The average molecular weight is 498 g/mol. The van der Waals surface area contributed by atoms with Crippen LogP contribution in [0.1, 0.15) is 47.8 Å². The zero-order valence-electron chi connectivity index (χ0n) is 20.8. The summed E-state index contributed by atoms with van der Waals surface area (Å²) < 4.78 is 1.85. The summed E-state index contributed by atoms with van der Waals surface area (Å²) in [7, 11) is 0. The molecule has 8 heteroatoms. The Kier molecular flexibility index (Phi) is 7.18. The molecule has 1 atom stereocenters. The maximum Gasteiger partial charge on any atom is 0.326 e. The molecule has 0 unspecified atom stereocenters. The lowest BCUT2D eigenvalue weighted by atomic mass is 10.0. The molecule has 0 aliphatic carbocycles. The molecule has 1 aliphatic rings. The highest BCUT2D eigenvalue weighted by molar-refractivity contribution is 6.04. The van der Waals surface area contributed by atoms with E-state index in [1.807, 2.05) is 66.1 Å². The molecule has 0 saturated carbocycles. The van der Waals surface area contributed by atoms with Crippen molar-refractivity contribution < 1.29 is 9.59 Å². The molecule has 8 nitrogen and oxygen atoms in total. The van der Waals surface area contributed by atoms with E-state index in [0.717, 1.165) is 29.4 Å². The number of benzene rings is 3. The van der Waals surface area contributed by atoms with Crippen LogP contribution in [0, 0.1) is 0 Å². The van der Waals surface area contributed by atoms with Crippen LogP contribution in [0.25, 0.3) is 11.0 Å². The van der Waals surface area contributed by atoms with Gasteiger partial charge in [-0.3, -0.25) is 19.1 Å². The van der Waals surface area contributed by atoms with Crippen molar-refractivity contribution in [2.45, 2.75) is 31.8 Å². The Balaban J connectivity index is 1.18. The van der Waals surface area contributed by atoms with Gasteiger partial charge in [-0.15, -0.1) is 0 Å². The number of hydrogen-bond acceptors (Lipinski definition) is 4. The second-order valence-electron chi connectivity index (χ2n) is 9.52. The number of carbonyl (C=O) groups excluding carboxylic acids is 2. The summed E-state index contributed by atoms with van der Waals surface area (Å²) in [6, 6.07) is 24.5. The van der Waals surface area contributed by atoms with Gasteiger partial charge in [0, 0.05) is 19.1 Å². The normalized spacial score (nSPS) is 15.4. The highest BCUT2D eigenvalue weighted by Crippen LogP contribution is 2.25. The van der Waals surface area contributed by atoms with Crippen LogP contribution in [-0.2, 0) is 4.79 Å². The lowest BCUT2D eigenvalue weighted by Gasteiger charge is -2.32. The molecule has 190 valence electrons. The molecular formula is C29H31N5O3. The van der Waals surface area contributed by atoms with Crippen molar-refractivity contribution >= 4 is 28.5 Å². The predicted molar refractivity (Wildman–Crippen MR) is 145 cm³/mol. The van der Waals surface area contributed by atoms with Crippen LogP contribution in [0.15, 0.2) is 83.7 Å². The molecule has 1 aromatic heterocycles. The summed E-state index contributed by atoms with van der Waals surface area (Å²) in [6.07, 6.45) is 1.57. The molecule has 4 aromatic rings. The first kappa shape index (κ1) is 24.5. The number of nitrogens with zero attached hydrogens (tertiary/aromatic N) is 2. The number of carbonyl (C=O) groups is 2. The topological polar surface area (TPSA) is 99.2 Å². The van der Waals surface area contributed by atoms with E-state index in [0.29, 0.717) is 24.3 Å². The van der Waals surface area contributed by atoms with E-state index in [1.54, 1.807) is 24.3 Å². The molecule has 2 heterocycles. The fraction of sp³-hybridized carbons (Fsp3) is 0.276. The Morgan fingerprint density at radius 3 is 2.41 bits per heavy atom. The van der Waals surface area contributed by atoms with Gasteiger partial charge in [-0.1, -0.05) is 54.6 Å². The molecule has 1 fully saturated rings. The van der Waals surface area contributed by atoms with E-state index in [4.69, 9.17) is 0 Å². The molecule has 1 saturated heterocycles. The second kappa shape index (κ2) is 10.8. The number of hydrogen-bond donors (Lipinski definition) is 3. The van der Waals surface area contributed by atoms with Crippen LogP contribution in [0.3, 0.4) is 0 Å². The fourth-order valence-corrected chi connectivity index (χ4v) is 5.05. The first-order chi connectivity index (χ1) is 18.0. The Bertz CT molecular complexity index is 1450. The number of H-pyrrole nitrogens is 1. The zero-order valence-corrected chi connectivity index (χ0v) is 20.8. The first-order valence-corrected chi connectivity index (χ1v) is 12.7. The number of aromatic nitrogens is 2. The molecule has 37 heavy (non-hydrogen) atoms. The number of rotatable bonds is 7. The number of nitrogens with one attached hydrogen (secondary N) is 3. The van der Waals surface area contributed by atoms with E-state index < -0.39 is 0 Å². The smallest absolute Gasteiger partial charge is 0.326 e. The summed E-state index contributed by atoms with van der Waals surface area (Å²) >= 11 is 0. The average Bonchev–Trinajstić information content (AvgIpc) is 3.25. The fourth-order valence-electron chi connectivity index (χ4n) is 5.05. The van der Waals surface area contributed by atoms with Crippen molar-refractivity contribution in [2.24, 2.45) is 0 Å². The SMILES string of the molecule is C[C@H](NC(=O)c1ccccc1NC(=O)CN1CCC(n2c(=O)[nH]c3ccccc32)CC1)c1ccccc1. The molecular weight excluding hydrogens is 466 g/mol. The van der Waals surface area contributed by atoms with Gasteiger partial charge < -0.3 is 15.6 Å². The molecule has 0 spiro atoms. The minimum Gasteiger partial charge on any atom is -0.345 e. The molecule has 0 radical (unpaired) electrons. The number of anilines is 1. The van der Waals surface area contributed by atoms with Crippen molar-refractivity contribution in [3.8, 4) is 0 Å². The number of fused-ring (bicyclic) bond motifs is 1. The quantitative estimate of drug-likeness (QED) is 0.358. The monoisotopic (exact) mass is 497 g/mol. The van der Waals surface area contributed by atoms with Crippen molar-refractivity contribution in [3.63, 3.8) is 0 Å². The largest absolute Gasteiger partial charge is 0.345 e. The zero-order chi connectivity index (χ0) is 25.8. The van der Waals surface area contributed by atoms with Crippen LogP contribution in [0.5, 0.6) is 0 Å². The van der Waals surface area contributed by atoms with E-state index in [9.17, 15) is 14.4 Å². The Labute approximate surface area is 215 Å². The summed E-state index contributed by atoms with van der Waals surface area (Å²) in [6.45, 7) is 3.58. The van der Waals surface area contributed by atoms with Gasteiger partial charge in [0.15, 0.2) is 0 Å². The summed E-state index contributed by atoms with van der Waals surface area (Å²) in [4.78, 5) is 43.4. The third-order valence-corrected chi connectivity index (χ3v) is 7.01. The van der Waals surface area contributed by atoms with Gasteiger partial charge in [-0.05, 0) is 49.6 Å². The lowest BCUT2D eigenvalue weighted by molar-refractivity contribution is -0.117. The number of likely N-dealkylation sites (tertiary alicyclic amines) is 1. The van der Waals surface area contributed by atoms with Crippen LogP contribution in [-0.4, -0.2) is 45.9 Å². The number of aromatic amines is 1. The van der Waals surface area contributed by atoms with Gasteiger partial charge in [-0.25, -0.2) is 4.79 Å². The third-order valence-electron chi connectivity index (χ3n) is 7.01. The van der Waals surface area contributed by atoms with Crippen molar-refractivity contribution in [1.82, 2.24) is 19.8 Å². The van der Waals surface area contributed by atoms with Gasteiger partial charge in [0.2, 0.25) is 5.91 Å². The molecule has 1 aliphatic heterocycles. The molecule has 0 bridgehead atoms. The molecule has 3 aromatic carbocycles. The predicted octanol–water partition coefficient (Wildman–Crippen LogP) is 4.10.